The van der Waals surface area contributed by atoms with Crippen LogP contribution < -0.4 is 14.8 Å². The molecule has 1 aliphatic heterocycles. The standard InChI is InChI=1S/C23H29Cl2N3O2S/c1-27-11-9-18(10-12-27)28(23(31)26-20-6-5-17(24)15-19(20)25)13-8-16-4-7-21(29-2)22(14-16)30-3/h4-7,14-15,18H,8-13H2,1-3H3,(H,26,31). The molecule has 0 spiro atoms. The van der Waals surface area contributed by atoms with Gasteiger partial charge in [0, 0.05) is 17.6 Å². The minimum Gasteiger partial charge on any atom is -0.493 e. The van der Waals surface area contributed by atoms with Gasteiger partial charge in [-0.1, -0.05) is 29.3 Å². The molecule has 2 aromatic rings. The molecule has 0 atom stereocenters. The van der Waals surface area contributed by atoms with E-state index in [2.05, 4.69) is 28.2 Å². The topological polar surface area (TPSA) is 37.0 Å². The van der Waals surface area contributed by atoms with Crippen LogP contribution in [0.3, 0.4) is 0 Å². The quantitative estimate of drug-likeness (QED) is 0.537. The van der Waals surface area contributed by atoms with E-state index in [0.717, 1.165) is 56.1 Å². The summed E-state index contributed by atoms with van der Waals surface area (Å²) in [4.78, 5) is 4.65. The van der Waals surface area contributed by atoms with Crippen molar-refractivity contribution in [1.82, 2.24) is 9.80 Å². The lowest BCUT2D eigenvalue weighted by atomic mass is 10.0. The zero-order valence-corrected chi connectivity index (χ0v) is 20.5. The molecule has 0 unspecified atom stereocenters. The number of thiocarbonyl (C=S) groups is 1. The van der Waals surface area contributed by atoms with E-state index in [9.17, 15) is 0 Å². The molecule has 168 valence electrons. The minimum atomic E-state index is 0.377. The molecule has 1 aliphatic rings. The predicted molar refractivity (Wildman–Crippen MR) is 133 cm³/mol. The normalized spacial score (nSPS) is 14.9. The number of halogens is 2. The predicted octanol–water partition coefficient (Wildman–Crippen LogP) is 5.35. The fourth-order valence-electron chi connectivity index (χ4n) is 3.82. The van der Waals surface area contributed by atoms with Crippen LogP contribution in [0.4, 0.5) is 5.69 Å². The van der Waals surface area contributed by atoms with Crippen molar-refractivity contribution in [3.05, 3.63) is 52.0 Å². The Kier molecular flexibility index (Phi) is 8.67. The molecular formula is C23H29Cl2N3O2S. The number of anilines is 1. The van der Waals surface area contributed by atoms with Gasteiger partial charge in [-0.15, -0.1) is 0 Å². The average Bonchev–Trinajstić information content (AvgIpc) is 2.76. The van der Waals surface area contributed by atoms with Gasteiger partial charge >= 0.3 is 0 Å². The summed E-state index contributed by atoms with van der Waals surface area (Å²) in [5.41, 5.74) is 1.93. The van der Waals surface area contributed by atoms with E-state index in [1.54, 1.807) is 20.3 Å². The van der Waals surface area contributed by atoms with Gasteiger partial charge < -0.3 is 24.6 Å². The molecule has 0 radical (unpaired) electrons. The lowest BCUT2D eigenvalue weighted by molar-refractivity contribution is 0.178. The molecule has 0 bridgehead atoms. The zero-order chi connectivity index (χ0) is 22.4. The fourth-order valence-corrected chi connectivity index (χ4v) is 4.63. The van der Waals surface area contributed by atoms with Crippen molar-refractivity contribution in [2.45, 2.75) is 25.3 Å². The maximum absolute atomic E-state index is 6.36. The van der Waals surface area contributed by atoms with Crippen LogP contribution in [0.15, 0.2) is 36.4 Å². The van der Waals surface area contributed by atoms with Crippen LogP contribution in [0.25, 0.3) is 0 Å². The van der Waals surface area contributed by atoms with Crippen LogP contribution in [0, 0.1) is 0 Å². The summed E-state index contributed by atoms with van der Waals surface area (Å²) < 4.78 is 10.8. The Balaban J connectivity index is 1.75. The first kappa shape index (κ1) is 23.9. The van der Waals surface area contributed by atoms with Gasteiger partial charge in [0.15, 0.2) is 16.6 Å². The molecule has 8 heteroatoms. The SMILES string of the molecule is COc1ccc(CCN(C(=S)Nc2ccc(Cl)cc2Cl)C2CCN(C)CC2)cc1OC. The van der Waals surface area contributed by atoms with Gasteiger partial charge in [-0.2, -0.15) is 0 Å². The number of nitrogens with one attached hydrogen (secondary N) is 1. The van der Waals surface area contributed by atoms with Crippen molar-refractivity contribution >= 4 is 46.2 Å². The van der Waals surface area contributed by atoms with Gasteiger partial charge in [-0.05, 0) is 87.5 Å². The third kappa shape index (κ3) is 6.39. The van der Waals surface area contributed by atoms with E-state index in [4.69, 9.17) is 44.9 Å². The maximum atomic E-state index is 6.36. The molecule has 5 nitrogen and oxygen atoms in total. The lowest BCUT2D eigenvalue weighted by Gasteiger charge is -2.39. The number of likely N-dealkylation sites (tertiary alicyclic amines) is 1. The second-order valence-corrected chi connectivity index (χ2v) is 8.95. The van der Waals surface area contributed by atoms with Crippen molar-refractivity contribution in [1.29, 1.82) is 0 Å². The Bertz CT molecular complexity index is 904. The summed E-state index contributed by atoms with van der Waals surface area (Å²) >= 11 is 18.2. The largest absolute Gasteiger partial charge is 0.493 e. The van der Waals surface area contributed by atoms with E-state index in [1.165, 1.54) is 5.56 Å². The molecule has 0 amide bonds. The zero-order valence-electron chi connectivity index (χ0n) is 18.2. The fraction of sp³-hybridized carbons (Fsp3) is 0.435. The Morgan fingerprint density at radius 2 is 1.81 bits per heavy atom. The number of hydrogen-bond acceptors (Lipinski definition) is 4. The number of ether oxygens (including phenoxy) is 2. The second-order valence-electron chi connectivity index (χ2n) is 7.72. The highest BCUT2D eigenvalue weighted by Gasteiger charge is 2.25. The first-order chi connectivity index (χ1) is 14.9. The monoisotopic (exact) mass is 481 g/mol. The third-order valence-corrected chi connectivity index (χ3v) is 6.54. The molecule has 1 saturated heterocycles. The third-order valence-electron chi connectivity index (χ3n) is 5.65. The minimum absolute atomic E-state index is 0.377. The Labute approximate surface area is 200 Å². The lowest BCUT2D eigenvalue weighted by Crippen LogP contribution is -2.48. The number of methoxy groups -OCH3 is 2. The van der Waals surface area contributed by atoms with Crippen molar-refractivity contribution in [3.63, 3.8) is 0 Å². The van der Waals surface area contributed by atoms with Crippen LogP contribution in [0.5, 0.6) is 11.5 Å². The number of piperidine rings is 1. The van der Waals surface area contributed by atoms with E-state index in [0.29, 0.717) is 21.2 Å². The summed E-state index contributed by atoms with van der Waals surface area (Å²) in [5.74, 6) is 1.47. The van der Waals surface area contributed by atoms with Gasteiger partial charge in [-0.25, -0.2) is 0 Å². The first-order valence-corrected chi connectivity index (χ1v) is 11.5. The Morgan fingerprint density at radius 1 is 1.10 bits per heavy atom. The van der Waals surface area contributed by atoms with Crippen molar-refractivity contribution in [2.75, 3.05) is 46.2 Å². The van der Waals surface area contributed by atoms with E-state index >= 15 is 0 Å². The van der Waals surface area contributed by atoms with Gasteiger partial charge in [0.25, 0.3) is 0 Å². The Hall–Kier alpha value is -1.73. The number of benzene rings is 2. The Morgan fingerprint density at radius 3 is 2.45 bits per heavy atom. The van der Waals surface area contributed by atoms with Gasteiger partial charge in [0.1, 0.15) is 0 Å². The molecule has 31 heavy (non-hydrogen) atoms. The summed E-state index contributed by atoms with van der Waals surface area (Å²) in [6, 6.07) is 11.8. The van der Waals surface area contributed by atoms with Crippen molar-refractivity contribution in [2.24, 2.45) is 0 Å². The van der Waals surface area contributed by atoms with Crippen LogP contribution in [0.2, 0.25) is 10.0 Å². The smallest absolute Gasteiger partial charge is 0.173 e. The molecule has 0 aliphatic carbocycles. The summed E-state index contributed by atoms with van der Waals surface area (Å²) in [7, 11) is 5.46. The van der Waals surface area contributed by atoms with Crippen LogP contribution >= 0.6 is 35.4 Å². The summed E-state index contributed by atoms with van der Waals surface area (Å²) in [6.45, 7) is 2.91. The van der Waals surface area contributed by atoms with Gasteiger partial charge in [-0.3, -0.25) is 0 Å². The highest BCUT2D eigenvalue weighted by atomic mass is 35.5. The summed E-state index contributed by atoms with van der Waals surface area (Å²) in [5, 5.41) is 5.16. The molecule has 3 rings (SSSR count). The van der Waals surface area contributed by atoms with E-state index in [1.807, 2.05) is 24.3 Å². The number of hydrogen-bond donors (Lipinski definition) is 1. The van der Waals surface area contributed by atoms with E-state index in [-0.39, 0.29) is 0 Å². The maximum Gasteiger partial charge on any atom is 0.173 e. The highest BCUT2D eigenvalue weighted by Crippen LogP contribution is 2.29. The average molecular weight is 482 g/mol. The van der Waals surface area contributed by atoms with Gasteiger partial charge in [0.2, 0.25) is 0 Å². The first-order valence-electron chi connectivity index (χ1n) is 10.3. The van der Waals surface area contributed by atoms with Crippen LogP contribution in [0.1, 0.15) is 18.4 Å². The molecule has 1 N–H and O–H groups in total. The highest BCUT2D eigenvalue weighted by molar-refractivity contribution is 7.80. The molecule has 0 aromatic heterocycles. The molecule has 1 fully saturated rings. The van der Waals surface area contributed by atoms with E-state index < -0.39 is 0 Å². The second kappa shape index (κ2) is 11.2. The molecule has 0 saturated carbocycles. The molecular weight excluding hydrogens is 453 g/mol. The number of nitrogens with zero attached hydrogens (tertiary/aromatic N) is 2. The summed E-state index contributed by atoms with van der Waals surface area (Å²) in [6.07, 6.45) is 2.97. The van der Waals surface area contributed by atoms with Crippen molar-refractivity contribution in [3.8, 4) is 11.5 Å². The van der Waals surface area contributed by atoms with Crippen LogP contribution in [-0.2, 0) is 6.42 Å². The molecule has 2 aromatic carbocycles. The van der Waals surface area contributed by atoms with Gasteiger partial charge in [0.05, 0.1) is 24.9 Å². The molecule has 1 heterocycles. The number of rotatable bonds is 7. The van der Waals surface area contributed by atoms with Crippen molar-refractivity contribution < 1.29 is 9.47 Å². The van der Waals surface area contributed by atoms with Crippen LogP contribution in [-0.4, -0.2) is 61.9 Å².